The summed E-state index contributed by atoms with van der Waals surface area (Å²) in [7, 11) is 0. The molecule has 0 atom stereocenters. The van der Waals surface area contributed by atoms with E-state index < -0.39 is 11.6 Å². The van der Waals surface area contributed by atoms with Crippen LogP contribution in [0.5, 0.6) is 11.5 Å². The number of rotatable bonds is 3. The number of halogens is 2. The third-order valence-corrected chi connectivity index (χ3v) is 2.33. The van der Waals surface area contributed by atoms with Crippen LogP contribution in [0.25, 0.3) is 0 Å². The van der Waals surface area contributed by atoms with Crippen molar-refractivity contribution in [1.29, 1.82) is 0 Å². The molecule has 90 valence electrons. The zero-order valence-corrected chi connectivity index (χ0v) is 9.49. The largest absolute Gasteiger partial charge is 0.454 e. The van der Waals surface area contributed by atoms with Gasteiger partial charge in [0.15, 0.2) is 11.6 Å². The molecular formula is C15H10F2O. The van der Waals surface area contributed by atoms with E-state index in [-0.39, 0.29) is 11.5 Å². The Morgan fingerprint density at radius 2 is 1.94 bits per heavy atom. The summed E-state index contributed by atoms with van der Waals surface area (Å²) in [5.41, 5.74) is 0.769. The van der Waals surface area contributed by atoms with Crippen molar-refractivity contribution in [3.63, 3.8) is 0 Å². The summed E-state index contributed by atoms with van der Waals surface area (Å²) in [4.78, 5) is 0. The van der Waals surface area contributed by atoms with Crippen LogP contribution in [-0.4, -0.2) is 0 Å². The predicted molar refractivity (Wildman–Crippen MR) is 65.4 cm³/mol. The quantitative estimate of drug-likeness (QED) is 0.743. The molecule has 3 heteroatoms. The molecule has 0 heterocycles. The smallest absolute Gasteiger partial charge is 0.165 e. The molecule has 0 unspecified atom stereocenters. The first-order chi connectivity index (χ1) is 8.69. The Morgan fingerprint density at radius 1 is 1.11 bits per heavy atom. The second-order valence-corrected chi connectivity index (χ2v) is 3.71. The van der Waals surface area contributed by atoms with Crippen molar-refractivity contribution in [3.8, 4) is 23.8 Å². The number of ether oxygens (including phenoxy) is 1. The Kier molecular flexibility index (Phi) is 3.59. The summed E-state index contributed by atoms with van der Waals surface area (Å²) in [6.07, 6.45) is 5.58. The van der Waals surface area contributed by atoms with Gasteiger partial charge in [-0.3, -0.25) is 0 Å². The van der Waals surface area contributed by atoms with Crippen LogP contribution < -0.4 is 4.74 Å². The highest BCUT2D eigenvalue weighted by Gasteiger charge is 2.06. The van der Waals surface area contributed by atoms with Crippen molar-refractivity contribution in [2.75, 3.05) is 0 Å². The van der Waals surface area contributed by atoms with E-state index in [0.717, 1.165) is 5.56 Å². The Hall–Kier alpha value is -2.34. The zero-order chi connectivity index (χ0) is 13.0. The van der Waals surface area contributed by atoms with Crippen molar-refractivity contribution >= 4 is 0 Å². The normalized spacial score (nSPS) is 9.83. The predicted octanol–water partition coefficient (Wildman–Crippen LogP) is 3.93. The molecule has 0 aliphatic heterocycles. The highest BCUT2D eigenvalue weighted by atomic mass is 19.1. The van der Waals surface area contributed by atoms with Crippen LogP contribution in [0.2, 0.25) is 0 Å². The molecular weight excluding hydrogens is 234 g/mol. The van der Waals surface area contributed by atoms with E-state index in [4.69, 9.17) is 11.2 Å². The third kappa shape index (κ3) is 2.86. The lowest BCUT2D eigenvalue weighted by Gasteiger charge is -2.08. The van der Waals surface area contributed by atoms with E-state index in [1.807, 2.05) is 0 Å². The first-order valence-electron chi connectivity index (χ1n) is 5.34. The molecule has 18 heavy (non-hydrogen) atoms. The molecule has 0 radical (unpaired) electrons. The molecule has 0 aliphatic carbocycles. The zero-order valence-electron chi connectivity index (χ0n) is 9.49. The van der Waals surface area contributed by atoms with Gasteiger partial charge in [-0.25, -0.2) is 8.78 Å². The van der Waals surface area contributed by atoms with E-state index in [9.17, 15) is 8.78 Å². The summed E-state index contributed by atoms with van der Waals surface area (Å²) >= 11 is 0. The first-order valence-corrected chi connectivity index (χ1v) is 5.34. The Bertz CT molecular complexity index is 600. The Morgan fingerprint density at radius 3 is 2.67 bits per heavy atom. The first kappa shape index (κ1) is 12.1. The Balaban J connectivity index is 2.28. The molecule has 0 bridgehead atoms. The van der Waals surface area contributed by atoms with Gasteiger partial charge in [-0.15, -0.1) is 12.3 Å². The maximum absolute atomic E-state index is 13.5. The molecule has 2 rings (SSSR count). The van der Waals surface area contributed by atoms with Crippen molar-refractivity contribution in [2.45, 2.75) is 6.42 Å². The minimum atomic E-state index is -0.514. The summed E-state index contributed by atoms with van der Waals surface area (Å²) in [6, 6.07) is 9.91. The number of benzene rings is 2. The third-order valence-electron chi connectivity index (χ3n) is 2.33. The van der Waals surface area contributed by atoms with Gasteiger partial charge in [-0.2, -0.15) is 0 Å². The fraction of sp³-hybridized carbons (Fsp3) is 0.0667. The van der Waals surface area contributed by atoms with Crippen LogP contribution in [0.4, 0.5) is 8.78 Å². The van der Waals surface area contributed by atoms with Crippen molar-refractivity contribution in [1.82, 2.24) is 0 Å². The Labute approximate surface area is 104 Å². The average Bonchev–Trinajstić information content (AvgIpc) is 2.34. The lowest BCUT2D eigenvalue weighted by molar-refractivity contribution is 0.438. The van der Waals surface area contributed by atoms with E-state index in [1.165, 1.54) is 30.3 Å². The molecule has 2 aromatic rings. The monoisotopic (exact) mass is 244 g/mol. The lowest BCUT2D eigenvalue weighted by atomic mass is 10.1. The maximum Gasteiger partial charge on any atom is 0.165 e. The molecule has 0 aliphatic rings. The highest BCUT2D eigenvalue weighted by molar-refractivity contribution is 5.36. The summed E-state index contributed by atoms with van der Waals surface area (Å²) in [5.74, 6) is 1.79. The number of terminal acetylenes is 1. The van der Waals surface area contributed by atoms with E-state index in [1.54, 1.807) is 12.1 Å². The van der Waals surface area contributed by atoms with Gasteiger partial charge in [0, 0.05) is 12.5 Å². The summed E-state index contributed by atoms with van der Waals surface area (Å²) < 4.78 is 31.8. The molecule has 0 spiro atoms. The van der Waals surface area contributed by atoms with Gasteiger partial charge >= 0.3 is 0 Å². The topological polar surface area (TPSA) is 9.23 Å². The van der Waals surface area contributed by atoms with Crippen LogP contribution in [-0.2, 0) is 6.42 Å². The molecule has 0 N–H and O–H groups in total. The fourth-order valence-electron chi connectivity index (χ4n) is 1.51. The second-order valence-electron chi connectivity index (χ2n) is 3.71. The molecule has 0 aromatic heterocycles. The van der Waals surface area contributed by atoms with Crippen LogP contribution in [0.15, 0.2) is 42.5 Å². The van der Waals surface area contributed by atoms with E-state index in [0.29, 0.717) is 6.42 Å². The van der Waals surface area contributed by atoms with Crippen molar-refractivity contribution < 1.29 is 13.5 Å². The van der Waals surface area contributed by atoms with Gasteiger partial charge in [0.25, 0.3) is 0 Å². The minimum absolute atomic E-state index is 0.0355. The van der Waals surface area contributed by atoms with E-state index >= 15 is 0 Å². The van der Waals surface area contributed by atoms with Crippen LogP contribution in [0.3, 0.4) is 0 Å². The van der Waals surface area contributed by atoms with Crippen molar-refractivity contribution in [2.24, 2.45) is 0 Å². The van der Waals surface area contributed by atoms with E-state index in [2.05, 4.69) is 5.92 Å². The minimum Gasteiger partial charge on any atom is -0.454 e. The SMILES string of the molecule is C#CCc1ccc(F)c(Oc2cccc(F)c2)c1. The fourth-order valence-corrected chi connectivity index (χ4v) is 1.51. The van der Waals surface area contributed by atoms with Gasteiger partial charge in [0.05, 0.1) is 0 Å². The summed E-state index contributed by atoms with van der Waals surface area (Å²) in [5, 5.41) is 0. The van der Waals surface area contributed by atoms with Gasteiger partial charge in [0.2, 0.25) is 0 Å². The average molecular weight is 244 g/mol. The van der Waals surface area contributed by atoms with Gasteiger partial charge in [-0.1, -0.05) is 12.1 Å². The maximum atomic E-state index is 13.5. The van der Waals surface area contributed by atoms with Gasteiger partial charge in [0.1, 0.15) is 11.6 Å². The summed E-state index contributed by atoms with van der Waals surface area (Å²) in [6.45, 7) is 0. The number of hydrogen-bond donors (Lipinski definition) is 0. The number of hydrogen-bond acceptors (Lipinski definition) is 1. The van der Waals surface area contributed by atoms with Crippen molar-refractivity contribution in [3.05, 3.63) is 59.7 Å². The molecule has 0 amide bonds. The van der Waals surface area contributed by atoms with Crippen LogP contribution >= 0.6 is 0 Å². The van der Waals surface area contributed by atoms with Gasteiger partial charge in [-0.05, 0) is 29.8 Å². The molecule has 0 saturated heterocycles. The lowest BCUT2D eigenvalue weighted by Crippen LogP contribution is -1.91. The highest BCUT2D eigenvalue weighted by Crippen LogP contribution is 2.26. The standard InChI is InChI=1S/C15H10F2O/c1-2-4-11-7-8-14(17)15(9-11)18-13-6-3-5-12(16)10-13/h1,3,5-10H,4H2. The van der Waals surface area contributed by atoms with Crippen LogP contribution in [0.1, 0.15) is 5.56 Å². The molecule has 1 nitrogen and oxygen atoms in total. The molecule has 2 aromatic carbocycles. The van der Waals surface area contributed by atoms with Gasteiger partial charge < -0.3 is 4.74 Å². The van der Waals surface area contributed by atoms with Crippen LogP contribution in [0, 0.1) is 24.0 Å². The molecule has 0 fully saturated rings. The second kappa shape index (κ2) is 5.33. The molecule has 0 saturated carbocycles.